The molecule has 5 heteroatoms. The second kappa shape index (κ2) is 10.8. The van der Waals surface area contributed by atoms with E-state index in [1.165, 1.54) is 0 Å². The fraction of sp³-hybridized carbons (Fsp3) is 0.579. The van der Waals surface area contributed by atoms with Gasteiger partial charge < -0.3 is 9.84 Å². The van der Waals surface area contributed by atoms with Crippen molar-refractivity contribution in [3.63, 3.8) is 0 Å². The van der Waals surface area contributed by atoms with E-state index in [9.17, 15) is 9.59 Å². The van der Waals surface area contributed by atoms with Gasteiger partial charge in [-0.2, -0.15) is 0 Å². The van der Waals surface area contributed by atoms with Gasteiger partial charge in [-0.25, -0.2) is 0 Å². The van der Waals surface area contributed by atoms with Crippen molar-refractivity contribution in [3.05, 3.63) is 35.9 Å². The molecule has 0 aromatic heterocycles. The first-order valence-electron chi connectivity index (χ1n) is 8.60. The minimum atomic E-state index is -0.761. The topological polar surface area (TPSA) is 66.8 Å². The third-order valence-electron chi connectivity index (χ3n) is 4.23. The van der Waals surface area contributed by atoms with Gasteiger partial charge in [0, 0.05) is 12.5 Å². The molecule has 1 N–H and O–H groups in total. The third kappa shape index (κ3) is 7.59. The van der Waals surface area contributed by atoms with Crippen LogP contribution in [0.15, 0.2) is 30.3 Å². The normalized spacial score (nSPS) is 13.5. The monoisotopic (exact) mass is 335 g/mol. The van der Waals surface area contributed by atoms with Crippen LogP contribution in [-0.2, 0) is 14.3 Å². The lowest BCUT2D eigenvalue weighted by atomic mass is 10.00. The summed E-state index contributed by atoms with van der Waals surface area (Å²) in [5, 5.41) is 8.78. The summed E-state index contributed by atoms with van der Waals surface area (Å²) in [6, 6.07) is 10.2. The molecule has 2 atom stereocenters. The Kier molecular flexibility index (Phi) is 9.08. The van der Waals surface area contributed by atoms with Crippen molar-refractivity contribution in [2.75, 3.05) is 19.7 Å². The molecule has 5 nitrogen and oxygen atoms in total. The second-order valence-corrected chi connectivity index (χ2v) is 6.19. The number of rotatable bonds is 11. The number of nitrogens with zero attached hydrogens (tertiary/aromatic N) is 1. The highest BCUT2D eigenvalue weighted by Gasteiger charge is 2.20. The highest BCUT2D eigenvalue weighted by molar-refractivity contribution is 5.71. The number of benzene rings is 1. The number of hydrogen-bond donors (Lipinski definition) is 1. The Labute approximate surface area is 144 Å². The van der Waals surface area contributed by atoms with Crippen molar-refractivity contribution in [1.29, 1.82) is 0 Å². The van der Waals surface area contributed by atoms with Gasteiger partial charge in [0.1, 0.15) is 0 Å². The van der Waals surface area contributed by atoms with Crippen LogP contribution in [0.4, 0.5) is 0 Å². The van der Waals surface area contributed by atoms with Gasteiger partial charge in [0.25, 0.3) is 0 Å². The van der Waals surface area contributed by atoms with E-state index in [0.717, 1.165) is 18.5 Å². The number of carbonyl (C=O) groups is 2. The fourth-order valence-electron chi connectivity index (χ4n) is 2.62. The number of carboxylic acid groups (broad SMARTS) is 1. The number of carbonyl (C=O) groups excluding carboxylic acids is 1. The Morgan fingerprint density at radius 1 is 1.17 bits per heavy atom. The van der Waals surface area contributed by atoms with Crippen LogP contribution in [0.1, 0.15) is 51.6 Å². The zero-order valence-electron chi connectivity index (χ0n) is 14.9. The van der Waals surface area contributed by atoms with Crippen LogP contribution in [0.3, 0.4) is 0 Å². The van der Waals surface area contributed by atoms with E-state index in [1.807, 2.05) is 18.2 Å². The van der Waals surface area contributed by atoms with Gasteiger partial charge in [-0.15, -0.1) is 0 Å². The standard InChI is InChI=1S/C19H29NO4/c1-4-24-19(23)14-20(13-12-15(2)10-11-18(21)22)16(3)17-8-6-5-7-9-17/h5-9,15-16H,4,10-14H2,1-3H3,(H,21,22). The zero-order valence-corrected chi connectivity index (χ0v) is 14.9. The van der Waals surface area contributed by atoms with Crippen LogP contribution in [0.25, 0.3) is 0 Å². The predicted molar refractivity (Wildman–Crippen MR) is 93.7 cm³/mol. The summed E-state index contributed by atoms with van der Waals surface area (Å²) in [4.78, 5) is 24.7. The molecule has 0 saturated carbocycles. The van der Waals surface area contributed by atoms with E-state index >= 15 is 0 Å². The SMILES string of the molecule is CCOC(=O)CN(CCC(C)CCC(=O)O)C(C)c1ccccc1. The first-order valence-corrected chi connectivity index (χ1v) is 8.60. The molecule has 2 unspecified atom stereocenters. The Bertz CT molecular complexity index is 503. The average Bonchev–Trinajstić information content (AvgIpc) is 2.57. The summed E-state index contributed by atoms with van der Waals surface area (Å²) in [6.45, 7) is 7.29. The molecule has 1 aromatic rings. The first-order chi connectivity index (χ1) is 11.4. The van der Waals surface area contributed by atoms with Gasteiger partial charge >= 0.3 is 11.9 Å². The van der Waals surface area contributed by atoms with E-state index in [-0.39, 0.29) is 25.0 Å². The molecule has 0 aliphatic rings. The molecule has 0 spiro atoms. The van der Waals surface area contributed by atoms with Crippen molar-refractivity contribution in [2.45, 2.75) is 46.1 Å². The lowest BCUT2D eigenvalue weighted by Crippen LogP contribution is -2.35. The molecule has 1 rings (SSSR count). The quantitative estimate of drug-likeness (QED) is 0.627. The Balaban J connectivity index is 2.67. The van der Waals surface area contributed by atoms with E-state index in [4.69, 9.17) is 9.84 Å². The molecule has 0 aliphatic carbocycles. The molecule has 0 bridgehead atoms. The van der Waals surface area contributed by atoms with Gasteiger partial charge in [0.15, 0.2) is 0 Å². The summed E-state index contributed by atoms with van der Waals surface area (Å²) in [6.07, 6.45) is 1.69. The largest absolute Gasteiger partial charge is 0.481 e. The van der Waals surface area contributed by atoms with Gasteiger partial charge in [-0.05, 0) is 44.7 Å². The van der Waals surface area contributed by atoms with Crippen LogP contribution in [0.5, 0.6) is 0 Å². The van der Waals surface area contributed by atoms with Crippen LogP contribution < -0.4 is 0 Å². The highest BCUT2D eigenvalue weighted by Crippen LogP contribution is 2.22. The molecule has 0 radical (unpaired) electrons. The minimum Gasteiger partial charge on any atom is -0.481 e. The van der Waals surface area contributed by atoms with Crippen molar-refractivity contribution < 1.29 is 19.4 Å². The Hall–Kier alpha value is -1.88. The molecular formula is C19H29NO4. The van der Waals surface area contributed by atoms with Crippen molar-refractivity contribution in [3.8, 4) is 0 Å². The van der Waals surface area contributed by atoms with E-state index in [2.05, 4.69) is 30.9 Å². The number of hydrogen-bond acceptors (Lipinski definition) is 4. The van der Waals surface area contributed by atoms with Crippen LogP contribution in [0, 0.1) is 5.92 Å². The molecule has 0 aliphatic heterocycles. The number of ether oxygens (including phenoxy) is 1. The molecule has 0 heterocycles. The molecule has 0 saturated heterocycles. The van der Waals surface area contributed by atoms with Gasteiger partial charge in [-0.3, -0.25) is 14.5 Å². The minimum absolute atomic E-state index is 0.0993. The molecular weight excluding hydrogens is 306 g/mol. The second-order valence-electron chi connectivity index (χ2n) is 6.19. The summed E-state index contributed by atoms with van der Waals surface area (Å²) >= 11 is 0. The van der Waals surface area contributed by atoms with Gasteiger partial charge in [0.05, 0.1) is 13.2 Å². The summed E-state index contributed by atoms with van der Waals surface area (Å²) in [5.74, 6) is -0.685. The highest BCUT2D eigenvalue weighted by atomic mass is 16.5. The molecule has 1 aromatic carbocycles. The molecule has 134 valence electrons. The summed E-state index contributed by atoms with van der Waals surface area (Å²) < 4.78 is 5.09. The fourth-order valence-corrected chi connectivity index (χ4v) is 2.62. The Morgan fingerprint density at radius 3 is 2.42 bits per heavy atom. The maximum Gasteiger partial charge on any atom is 0.320 e. The zero-order chi connectivity index (χ0) is 17.9. The van der Waals surface area contributed by atoms with Crippen molar-refractivity contribution >= 4 is 11.9 Å². The van der Waals surface area contributed by atoms with Crippen molar-refractivity contribution in [2.24, 2.45) is 5.92 Å². The van der Waals surface area contributed by atoms with E-state index in [0.29, 0.717) is 18.9 Å². The van der Waals surface area contributed by atoms with Gasteiger partial charge in [-0.1, -0.05) is 37.3 Å². The maximum atomic E-state index is 11.9. The molecule has 0 fully saturated rings. The first kappa shape index (κ1) is 20.2. The number of aliphatic carboxylic acids is 1. The molecule has 0 amide bonds. The van der Waals surface area contributed by atoms with E-state index < -0.39 is 5.97 Å². The van der Waals surface area contributed by atoms with E-state index in [1.54, 1.807) is 6.92 Å². The van der Waals surface area contributed by atoms with Crippen LogP contribution in [0.2, 0.25) is 0 Å². The van der Waals surface area contributed by atoms with Crippen LogP contribution >= 0.6 is 0 Å². The predicted octanol–water partition coefficient (Wildman–Crippen LogP) is 3.50. The third-order valence-corrected chi connectivity index (χ3v) is 4.23. The van der Waals surface area contributed by atoms with Crippen molar-refractivity contribution in [1.82, 2.24) is 4.90 Å². The van der Waals surface area contributed by atoms with Crippen LogP contribution in [-0.4, -0.2) is 41.6 Å². The Morgan fingerprint density at radius 2 is 1.83 bits per heavy atom. The number of carboxylic acids is 1. The smallest absolute Gasteiger partial charge is 0.320 e. The van der Waals surface area contributed by atoms with Gasteiger partial charge in [0.2, 0.25) is 0 Å². The summed E-state index contributed by atoms with van der Waals surface area (Å²) in [5.41, 5.74) is 1.15. The lowest BCUT2D eigenvalue weighted by Gasteiger charge is -2.29. The maximum absolute atomic E-state index is 11.9. The lowest BCUT2D eigenvalue weighted by molar-refractivity contribution is -0.145. The summed E-state index contributed by atoms with van der Waals surface area (Å²) in [7, 11) is 0. The average molecular weight is 335 g/mol. The molecule has 24 heavy (non-hydrogen) atoms. The number of esters is 1.